The Labute approximate surface area is 181 Å². The molecular formula is C25H25N3O3. The van der Waals surface area contributed by atoms with Crippen LogP contribution in [0, 0.1) is 49.4 Å². The lowest BCUT2D eigenvalue weighted by Gasteiger charge is -2.37. The summed E-state index contributed by atoms with van der Waals surface area (Å²) in [6.07, 6.45) is 7.18. The number of hydrogen-bond donors (Lipinski definition) is 0. The molecule has 6 heteroatoms. The molecule has 1 aromatic carbocycles. The van der Waals surface area contributed by atoms with Crippen LogP contribution in [0.1, 0.15) is 23.4 Å². The molecule has 0 spiro atoms. The van der Waals surface area contributed by atoms with Crippen molar-refractivity contribution in [1.29, 1.82) is 0 Å². The van der Waals surface area contributed by atoms with Crippen molar-refractivity contribution in [3.8, 4) is 11.4 Å². The van der Waals surface area contributed by atoms with Crippen LogP contribution >= 0.6 is 0 Å². The Hall–Kier alpha value is -3.15. The highest BCUT2D eigenvalue weighted by molar-refractivity contribution is 6.06. The zero-order chi connectivity index (χ0) is 21.4. The number of nitrogens with zero attached hydrogens (tertiary/aromatic N) is 3. The van der Waals surface area contributed by atoms with Gasteiger partial charge in [0.15, 0.2) is 0 Å². The molecule has 2 aromatic rings. The number of aryl methyl sites for hydroxylation is 1. The van der Waals surface area contributed by atoms with Crippen LogP contribution in [-0.2, 0) is 9.59 Å². The minimum Gasteiger partial charge on any atom is -0.497 e. The van der Waals surface area contributed by atoms with E-state index in [0.29, 0.717) is 11.8 Å². The van der Waals surface area contributed by atoms with Gasteiger partial charge in [-0.15, -0.1) is 0 Å². The van der Waals surface area contributed by atoms with Crippen LogP contribution in [0.3, 0.4) is 0 Å². The molecule has 1 aliphatic heterocycles. The van der Waals surface area contributed by atoms with Crippen LogP contribution in [0.2, 0.25) is 0 Å². The Morgan fingerprint density at radius 2 is 1.61 bits per heavy atom. The van der Waals surface area contributed by atoms with E-state index < -0.39 is 0 Å². The van der Waals surface area contributed by atoms with E-state index in [2.05, 4.69) is 21.8 Å². The monoisotopic (exact) mass is 415 g/mol. The number of allylic oxidation sites excluding steroid dienone is 2. The summed E-state index contributed by atoms with van der Waals surface area (Å²) in [5.41, 5.74) is 3.98. The van der Waals surface area contributed by atoms with Crippen molar-refractivity contribution in [2.45, 2.75) is 20.3 Å². The Morgan fingerprint density at radius 3 is 2.19 bits per heavy atom. The van der Waals surface area contributed by atoms with E-state index in [1.807, 2.05) is 44.2 Å². The molecule has 6 atom stereocenters. The molecule has 2 bridgehead atoms. The molecule has 6 nitrogen and oxygen atoms in total. The number of ether oxygens (including phenoxy) is 1. The van der Waals surface area contributed by atoms with Crippen molar-refractivity contribution in [3.63, 3.8) is 0 Å². The zero-order valence-electron chi connectivity index (χ0n) is 17.9. The number of aromatic nitrogens is 1. The number of carbonyl (C=O) groups is 2. The quantitative estimate of drug-likeness (QED) is 0.436. The van der Waals surface area contributed by atoms with E-state index >= 15 is 0 Å². The third-order valence-electron chi connectivity index (χ3n) is 7.75. The fourth-order valence-corrected chi connectivity index (χ4v) is 6.22. The molecule has 1 aromatic heterocycles. The summed E-state index contributed by atoms with van der Waals surface area (Å²) in [7, 11) is 1.65. The average Bonchev–Trinajstić information content (AvgIpc) is 3.50. The Morgan fingerprint density at radius 1 is 1.00 bits per heavy atom. The normalized spacial score (nSPS) is 32.7. The number of benzene rings is 1. The van der Waals surface area contributed by atoms with Gasteiger partial charge in [0.25, 0.3) is 11.8 Å². The number of rotatable bonds is 4. The largest absolute Gasteiger partial charge is 0.497 e. The second kappa shape index (κ2) is 6.42. The summed E-state index contributed by atoms with van der Waals surface area (Å²) in [6, 6.07) is 9.90. The van der Waals surface area contributed by atoms with Gasteiger partial charge in [-0.05, 0) is 74.3 Å². The number of amides is 2. The summed E-state index contributed by atoms with van der Waals surface area (Å²) in [6.45, 7) is 4.05. The summed E-state index contributed by atoms with van der Waals surface area (Å²) >= 11 is 0. The van der Waals surface area contributed by atoms with Gasteiger partial charge in [0, 0.05) is 22.6 Å². The molecule has 0 N–H and O–H groups in total. The van der Waals surface area contributed by atoms with E-state index in [1.54, 1.807) is 13.3 Å². The molecule has 0 radical (unpaired) electrons. The number of hydrazone groups is 1. The second-order valence-corrected chi connectivity index (χ2v) is 9.25. The van der Waals surface area contributed by atoms with Gasteiger partial charge in [-0.2, -0.15) is 10.1 Å². The van der Waals surface area contributed by atoms with Crippen LogP contribution in [0.25, 0.3) is 5.69 Å². The third kappa shape index (κ3) is 2.54. The number of imide groups is 1. The fraction of sp³-hybridized carbons (Fsp3) is 0.400. The van der Waals surface area contributed by atoms with E-state index in [9.17, 15) is 9.59 Å². The van der Waals surface area contributed by atoms with Crippen molar-refractivity contribution in [1.82, 2.24) is 9.58 Å². The summed E-state index contributed by atoms with van der Waals surface area (Å²) < 4.78 is 7.38. The first-order chi connectivity index (χ1) is 15.0. The summed E-state index contributed by atoms with van der Waals surface area (Å²) in [5, 5.41) is 5.55. The predicted octanol–water partition coefficient (Wildman–Crippen LogP) is 3.49. The third-order valence-corrected chi connectivity index (χ3v) is 7.75. The lowest BCUT2D eigenvalue weighted by atomic mass is 9.63. The Kier molecular flexibility index (Phi) is 3.86. The maximum absolute atomic E-state index is 13.1. The van der Waals surface area contributed by atoms with Gasteiger partial charge >= 0.3 is 0 Å². The van der Waals surface area contributed by atoms with Crippen LogP contribution in [-0.4, -0.2) is 34.7 Å². The molecule has 5 aliphatic rings. The van der Waals surface area contributed by atoms with Gasteiger partial charge in [-0.1, -0.05) is 12.2 Å². The van der Waals surface area contributed by atoms with Gasteiger partial charge in [-0.3, -0.25) is 9.59 Å². The highest BCUT2D eigenvalue weighted by atomic mass is 16.5. The first-order valence-corrected chi connectivity index (χ1v) is 10.9. The summed E-state index contributed by atoms with van der Waals surface area (Å²) in [4.78, 5) is 26.2. The molecule has 4 aliphatic carbocycles. The highest BCUT2D eigenvalue weighted by Gasteiger charge is 2.67. The zero-order valence-corrected chi connectivity index (χ0v) is 17.9. The first-order valence-electron chi connectivity index (χ1n) is 10.9. The Balaban J connectivity index is 1.28. The van der Waals surface area contributed by atoms with Crippen LogP contribution in [0.5, 0.6) is 5.75 Å². The minimum absolute atomic E-state index is 0.125. The van der Waals surface area contributed by atoms with Crippen molar-refractivity contribution in [2.24, 2.45) is 40.6 Å². The van der Waals surface area contributed by atoms with Crippen LogP contribution in [0.4, 0.5) is 0 Å². The molecule has 3 fully saturated rings. The van der Waals surface area contributed by atoms with E-state index in [1.165, 1.54) is 0 Å². The standard InChI is InChI=1S/C25H25N3O3/c1-13-10-15(14(2)27(13)16-4-6-17(31-3)7-5-16)12-26-28-24(29)22-18-8-9-19(21-11-20(18)21)23(22)25(28)30/h4-10,12,18-23H,11H2,1-3H3/b26-12-/t18-,19-,20-,21-,22-,23+/m0/s1. The van der Waals surface area contributed by atoms with E-state index in [-0.39, 0.29) is 35.5 Å². The topological polar surface area (TPSA) is 63.9 Å². The molecule has 1 saturated heterocycles. The molecule has 7 rings (SSSR count). The fourth-order valence-electron chi connectivity index (χ4n) is 6.22. The number of hydrogen-bond acceptors (Lipinski definition) is 4. The maximum atomic E-state index is 13.1. The van der Waals surface area contributed by atoms with Crippen molar-refractivity contribution >= 4 is 18.0 Å². The molecule has 2 amide bonds. The van der Waals surface area contributed by atoms with Gasteiger partial charge in [0.2, 0.25) is 0 Å². The molecular weight excluding hydrogens is 390 g/mol. The van der Waals surface area contributed by atoms with Gasteiger partial charge in [0.05, 0.1) is 25.2 Å². The predicted molar refractivity (Wildman–Crippen MR) is 116 cm³/mol. The molecule has 31 heavy (non-hydrogen) atoms. The van der Waals surface area contributed by atoms with Gasteiger partial charge in [0.1, 0.15) is 5.75 Å². The van der Waals surface area contributed by atoms with E-state index in [4.69, 9.17) is 4.74 Å². The minimum atomic E-state index is -0.213. The Bertz CT molecular complexity index is 1120. The van der Waals surface area contributed by atoms with Crippen molar-refractivity contribution in [2.75, 3.05) is 7.11 Å². The molecule has 2 saturated carbocycles. The number of methoxy groups -OCH3 is 1. The van der Waals surface area contributed by atoms with Crippen molar-refractivity contribution in [3.05, 3.63) is 59.4 Å². The van der Waals surface area contributed by atoms with Crippen LogP contribution < -0.4 is 4.74 Å². The van der Waals surface area contributed by atoms with Crippen LogP contribution in [0.15, 0.2) is 47.6 Å². The van der Waals surface area contributed by atoms with Gasteiger partial charge in [-0.25, -0.2) is 0 Å². The van der Waals surface area contributed by atoms with Gasteiger partial charge < -0.3 is 9.30 Å². The average molecular weight is 415 g/mol. The molecule has 0 unspecified atom stereocenters. The summed E-state index contributed by atoms with van der Waals surface area (Å²) in [5.74, 6) is 1.76. The first kappa shape index (κ1) is 18.6. The lowest BCUT2D eigenvalue weighted by Crippen LogP contribution is -2.40. The number of carbonyl (C=O) groups excluding carboxylic acids is 2. The SMILES string of the molecule is COc1ccc(-n2c(C)cc(/C=N\N3C(=O)[C@@H]4[C@H]5C=C[C@@H]([C@@H]6C[C@@H]56)[C@@H]4C3=O)c2C)cc1. The highest BCUT2D eigenvalue weighted by Crippen LogP contribution is 2.65. The second-order valence-electron chi connectivity index (χ2n) is 9.25. The maximum Gasteiger partial charge on any atom is 0.254 e. The van der Waals surface area contributed by atoms with Crippen molar-refractivity contribution < 1.29 is 14.3 Å². The smallest absolute Gasteiger partial charge is 0.254 e. The molecule has 158 valence electrons. The molecule has 2 heterocycles. The lowest BCUT2D eigenvalue weighted by molar-refractivity contribution is -0.140. The van der Waals surface area contributed by atoms with E-state index in [0.717, 1.165) is 39.8 Å².